The van der Waals surface area contributed by atoms with Gasteiger partial charge in [0.1, 0.15) is 23.9 Å². The molecule has 0 radical (unpaired) electrons. The van der Waals surface area contributed by atoms with Crippen molar-refractivity contribution in [3.05, 3.63) is 90.0 Å². The summed E-state index contributed by atoms with van der Waals surface area (Å²) in [7, 11) is 1.59. The Kier molecular flexibility index (Phi) is 15.0. The van der Waals surface area contributed by atoms with Crippen molar-refractivity contribution in [3.63, 3.8) is 0 Å². The van der Waals surface area contributed by atoms with Crippen molar-refractivity contribution in [1.29, 1.82) is 0 Å². The van der Waals surface area contributed by atoms with Gasteiger partial charge in [-0.3, -0.25) is 29.0 Å². The van der Waals surface area contributed by atoms with Gasteiger partial charge in [-0.2, -0.15) is 0 Å². The van der Waals surface area contributed by atoms with Crippen molar-refractivity contribution in [1.82, 2.24) is 35.0 Å². The van der Waals surface area contributed by atoms with E-state index in [2.05, 4.69) is 90.0 Å². The quantitative estimate of drug-likeness (QED) is 0.113. The number of amides is 4. The number of nitrogens with zero attached hydrogens (tertiary/aromatic N) is 5. The summed E-state index contributed by atoms with van der Waals surface area (Å²) in [5.41, 5.74) is 10.8. The first kappa shape index (κ1) is 49.4. The summed E-state index contributed by atoms with van der Waals surface area (Å²) in [6.07, 6.45) is 6.72. The number of phenolic OH excluding ortho intramolecular Hbond substituents is 1. The molecule has 8 rings (SSSR count). The number of carbonyl (C=O) groups excluding carboxylic acids is 5. The zero-order valence-corrected chi connectivity index (χ0v) is 41.4. The van der Waals surface area contributed by atoms with E-state index in [1.165, 1.54) is 45.5 Å². The first-order valence-electron chi connectivity index (χ1n) is 25.1. The van der Waals surface area contributed by atoms with Crippen LogP contribution in [-0.2, 0) is 54.5 Å². The number of aryl methyl sites for hydroxylation is 1. The maximum Gasteiger partial charge on any atom is 0.324 e. The van der Waals surface area contributed by atoms with Gasteiger partial charge >= 0.3 is 5.97 Å². The fourth-order valence-electron chi connectivity index (χ4n) is 11.2. The van der Waals surface area contributed by atoms with Crippen molar-refractivity contribution in [2.75, 3.05) is 52.9 Å². The Morgan fingerprint density at radius 2 is 1.75 bits per heavy atom. The first-order valence-corrected chi connectivity index (χ1v) is 25.1. The van der Waals surface area contributed by atoms with Crippen molar-refractivity contribution < 1.29 is 33.8 Å². The van der Waals surface area contributed by atoms with E-state index < -0.39 is 47.2 Å². The van der Waals surface area contributed by atoms with E-state index in [-0.39, 0.29) is 43.1 Å². The third kappa shape index (κ3) is 10.8. The predicted octanol–water partition coefficient (Wildman–Crippen LogP) is 6.51. The number of hydrogen-bond donors (Lipinski definition) is 3. The van der Waals surface area contributed by atoms with Gasteiger partial charge in [0.25, 0.3) is 5.91 Å². The van der Waals surface area contributed by atoms with Crippen LogP contribution in [-0.4, -0.2) is 130 Å². The second-order valence-corrected chi connectivity index (χ2v) is 20.8. The SMILES string of the molecule is C=CC(=O)N1CC[C@H](C(=O)N(C)C(C(=O)N[C@H]2Cc3cc(O)cc(c3)-c3ccc4c(c3)c(c(-c3ccccc3CCN3CCCC3)n4CC)CC(C)(C)COC(=O)[C@@H]3CCCN(N3)C2=O)C(C)C)C1. The van der Waals surface area contributed by atoms with Crippen LogP contribution in [0.4, 0.5) is 0 Å². The minimum absolute atomic E-state index is 0.00917. The lowest BCUT2D eigenvalue weighted by Gasteiger charge is -2.37. The summed E-state index contributed by atoms with van der Waals surface area (Å²) in [5, 5.41) is 16.9. The van der Waals surface area contributed by atoms with Crippen LogP contribution >= 0.6 is 0 Å². The van der Waals surface area contributed by atoms with Crippen LogP contribution in [0.3, 0.4) is 0 Å². The molecule has 4 aromatic rings. The van der Waals surface area contributed by atoms with Gasteiger partial charge in [0.15, 0.2) is 0 Å². The number of aromatic hydroxyl groups is 1. The molecule has 4 atom stereocenters. The Morgan fingerprint density at radius 3 is 2.49 bits per heavy atom. The molecule has 14 heteroatoms. The number of esters is 1. The molecule has 3 saturated heterocycles. The van der Waals surface area contributed by atoms with E-state index in [9.17, 15) is 29.1 Å². The summed E-state index contributed by atoms with van der Waals surface area (Å²) in [4.78, 5) is 75.2. The van der Waals surface area contributed by atoms with Crippen LogP contribution in [0.1, 0.15) is 83.4 Å². The highest BCUT2D eigenvalue weighted by Gasteiger charge is 2.40. The minimum atomic E-state index is -1.15. The van der Waals surface area contributed by atoms with Gasteiger partial charge in [0, 0.05) is 68.1 Å². The van der Waals surface area contributed by atoms with E-state index in [4.69, 9.17) is 4.74 Å². The summed E-state index contributed by atoms with van der Waals surface area (Å²) < 4.78 is 8.58. The average molecular weight is 942 g/mol. The van der Waals surface area contributed by atoms with Crippen molar-refractivity contribution >= 4 is 40.5 Å². The Hall–Kier alpha value is -5.99. The number of hydrogen-bond acceptors (Lipinski definition) is 9. The Balaban J connectivity index is 1.18. The molecular weight excluding hydrogens is 871 g/mol. The number of likely N-dealkylation sites (N-methyl/N-ethyl adjacent to an activating group) is 1. The highest BCUT2D eigenvalue weighted by atomic mass is 16.5. The number of aromatic nitrogens is 1. The Morgan fingerprint density at radius 1 is 0.986 bits per heavy atom. The number of carbonyl (C=O) groups is 5. The molecule has 5 heterocycles. The van der Waals surface area contributed by atoms with Gasteiger partial charge in [-0.1, -0.05) is 70.7 Å². The number of likely N-dealkylation sites (tertiary alicyclic amines) is 2. The van der Waals surface area contributed by atoms with Crippen molar-refractivity contribution in [2.45, 2.75) is 111 Å². The van der Waals surface area contributed by atoms with Gasteiger partial charge in [-0.15, -0.1) is 0 Å². The van der Waals surface area contributed by atoms with Gasteiger partial charge in [0.2, 0.25) is 17.7 Å². The van der Waals surface area contributed by atoms with Crippen LogP contribution in [0.5, 0.6) is 5.75 Å². The molecule has 4 aliphatic heterocycles. The molecule has 3 N–H and O–H groups in total. The normalized spacial score (nSPS) is 21.5. The second kappa shape index (κ2) is 20.9. The number of nitrogens with one attached hydrogen (secondary N) is 2. The largest absolute Gasteiger partial charge is 0.508 e. The number of phenols is 1. The maximum atomic E-state index is 14.8. The summed E-state index contributed by atoms with van der Waals surface area (Å²) in [6.45, 7) is 18.8. The zero-order valence-electron chi connectivity index (χ0n) is 41.4. The maximum absolute atomic E-state index is 14.8. The number of fused-ring (bicyclic) bond motifs is 6. The van der Waals surface area contributed by atoms with Gasteiger partial charge in [-0.05, 0) is 129 Å². The lowest BCUT2D eigenvalue weighted by molar-refractivity contribution is -0.155. The second-order valence-electron chi connectivity index (χ2n) is 20.8. The highest BCUT2D eigenvalue weighted by molar-refractivity contribution is 5.96. The van der Waals surface area contributed by atoms with Crippen molar-refractivity contribution in [3.8, 4) is 28.1 Å². The highest BCUT2D eigenvalue weighted by Crippen LogP contribution is 2.42. The minimum Gasteiger partial charge on any atom is -0.508 e. The first-order chi connectivity index (χ1) is 33.0. The smallest absolute Gasteiger partial charge is 0.324 e. The molecular formula is C55H71N7O7. The molecule has 0 aliphatic carbocycles. The molecule has 1 unspecified atom stereocenters. The monoisotopic (exact) mass is 942 g/mol. The zero-order chi connectivity index (χ0) is 49.1. The van der Waals surface area contributed by atoms with E-state index in [0.29, 0.717) is 44.3 Å². The lowest BCUT2D eigenvalue weighted by atomic mass is 9.83. The third-order valence-electron chi connectivity index (χ3n) is 14.7. The van der Waals surface area contributed by atoms with E-state index >= 15 is 0 Å². The topological polar surface area (TPSA) is 157 Å². The van der Waals surface area contributed by atoms with Gasteiger partial charge in [-0.25, -0.2) is 5.43 Å². The average Bonchev–Trinajstić information content (AvgIpc) is 4.11. The molecule has 69 heavy (non-hydrogen) atoms. The molecule has 3 aromatic carbocycles. The van der Waals surface area contributed by atoms with Gasteiger partial charge < -0.3 is 34.4 Å². The molecule has 0 spiro atoms. The van der Waals surface area contributed by atoms with Crippen molar-refractivity contribution in [2.24, 2.45) is 17.3 Å². The molecule has 368 valence electrons. The number of ether oxygens (including phenoxy) is 1. The summed E-state index contributed by atoms with van der Waals surface area (Å²) in [6, 6.07) is 17.6. The van der Waals surface area contributed by atoms with Crippen LogP contribution < -0.4 is 10.7 Å². The number of benzene rings is 3. The molecule has 3 fully saturated rings. The van der Waals surface area contributed by atoms with Crippen LogP contribution in [0.2, 0.25) is 0 Å². The fourth-order valence-corrected chi connectivity index (χ4v) is 11.2. The standard InChI is InChI=1S/C55H71N7O7/c1-8-48(64)60-26-21-39(33-60)52(66)58(7)49(35(3)4)51(65)56-46-29-36-27-40(30-41(63)28-36)38-18-19-47-43(31-38)44(32-55(5,6)34-69-54(68)45-17-14-24-62(57-45)53(46)67)50(61(47)9-2)42-16-11-10-15-37(42)20-25-59-22-12-13-23-59/h8,10-11,15-16,18-19,27-28,30-31,35,39,45-46,49,57,63H,1,9,12-14,17,20-26,29,32-34H2,2-7H3,(H,56,65)/t39-,45-,46-,49?/m0/s1. The third-order valence-corrected chi connectivity index (χ3v) is 14.7. The predicted molar refractivity (Wildman–Crippen MR) is 268 cm³/mol. The molecule has 4 aliphatic rings. The summed E-state index contributed by atoms with van der Waals surface area (Å²) in [5.74, 6) is -2.74. The van der Waals surface area contributed by atoms with Crippen LogP contribution in [0, 0.1) is 17.3 Å². The Labute approximate surface area is 407 Å². The molecule has 14 nitrogen and oxygen atoms in total. The lowest BCUT2D eigenvalue weighted by Crippen LogP contribution is -2.62. The number of cyclic esters (lactones) is 1. The summed E-state index contributed by atoms with van der Waals surface area (Å²) >= 11 is 0. The van der Waals surface area contributed by atoms with Crippen LogP contribution in [0.15, 0.2) is 73.3 Å². The number of rotatable bonds is 11. The van der Waals surface area contributed by atoms with Crippen LogP contribution in [0.25, 0.3) is 33.3 Å². The fraction of sp³-hybridized carbons (Fsp3) is 0.509. The molecule has 0 saturated carbocycles. The molecule has 1 aromatic heterocycles. The molecule has 6 bridgehead atoms. The van der Waals surface area contributed by atoms with Gasteiger partial charge in [0.05, 0.1) is 18.2 Å². The van der Waals surface area contributed by atoms with E-state index in [1.54, 1.807) is 24.1 Å². The Bertz CT molecular complexity index is 2590. The number of hydrazine groups is 1. The molecule has 4 amide bonds. The van der Waals surface area contributed by atoms with E-state index in [0.717, 1.165) is 60.3 Å². The van der Waals surface area contributed by atoms with E-state index in [1.807, 2.05) is 19.9 Å².